The van der Waals surface area contributed by atoms with Gasteiger partial charge in [-0.25, -0.2) is 0 Å². The lowest BCUT2D eigenvalue weighted by atomic mass is 9.76. The van der Waals surface area contributed by atoms with E-state index in [1.165, 1.54) is 25.7 Å². The number of benzene rings is 1. The molecule has 1 aromatic rings. The number of piperidine rings is 1. The van der Waals surface area contributed by atoms with E-state index in [9.17, 15) is 5.11 Å². The van der Waals surface area contributed by atoms with E-state index in [4.69, 9.17) is 4.74 Å². The summed E-state index contributed by atoms with van der Waals surface area (Å²) < 4.78 is 6.89. The summed E-state index contributed by atoms with van der Waals surface area (Å²) in [5.74, 6) is 1.45. The number of nitrogens with zero attached hydrogens (tertiary/aromatic N) is 1. The lowest BCUT2D eigenvalue weighted by molar-refractivity contribution is -0.0369. The number of hydrogen-bond acceptors (Lipinski definition) is 3. The van der Waals surface area contributed by atoms with Crippen molar-refractivity contribution in [3.63, 3.8) is 0 Å². The highest BCUT2D eigenvalue weighted by Gasteiger charge is 2.37. The number of hydrogen-bond donors (Lipinski definition) is 1. The van der Waals surface area contributed by atoms with Gasteiger partial charge in [-0.1, -0.05) is 28.8 Å². The second-order valence-corrected chi connectivity index (χ2v) is 7.48. The van der Waals surface area contributed by atoms with Gasteiger partial charge in [-0.3, -0.25) is 4.90 Å². The highest BCUT2D eigenvalue weighted by Crippen LogP contribution is 2.35. The molecule has 2 fully saturated rings. The Labute approximate surface area is 141 Å². The fourth-order valence-corrected chi connectivity index (χ4v) is 4.25. The molecular formula is C18H26BrNO2. The van der Waals surface area contributed by atoms with Crippen LogP contribution in [0, 0.1) is 5.92 Å². The first-order valence-corrected chi connectivity index (χ1v) is 9.34. The van der Waals surface area contributed by atoms with E-state index < -0.39 is 0 Å². The van der Waals surface area contributed by atoms with Crippen molar-refractivity contribution in [2.75, 3.05) is 19.7 Å². The summed E-state index contributed by atoms with van der Waals surface area (Å²) in [5.41, 5.74) is 0. The van der Waals surface area contributed by atoms with Crippen LogP contribution in [0.4, 0.5) is 0 Å². The Hall–Kier alpha value is -0.580. The molecule has 3 nitrogen and oxygen atoms in total. The van der Waals surface area contributed by atoms with Crippen molar-refractivity contribution in [1.29, 1.82) is 0 Å². The molecule has 3 rings (SSSR count). The molecule has 0 aromatic heterocycles. The van der Waals surface area contributed by atoms with Gasteiger partial charge in [0.25, 0.3) is 0 Å². The van der Waals surface area contributed by atoms with Gasteiger partial charge < -0.3 is 9.84 Å². The third-order valence-electron chi connectivity index (χ3n) is 5.13. The largest absolute Gasteiger partial charge is 0.494 e. The van der Waals surface area contributed by atoms with Crippen molar-refractivity contribution in [2.24, 2.45) is 5.92 Å². The van der Waals surface area contributed by atoms with Gasteiger partial charge in [0.2, 0.25) is 0 Å². The summed E-state index contributed by atoms with van der Waals surface area (Å²) in [7, 11) is 0. The average Bonchev–Trinajstić information content (AvgIpc) is 2.55. The summed E-state index contributed by atoms with van der Waals surface area (Å²) in [6.07, 6.45) is 7.00. The maximum atomic E-state index is 10.2. The summed E-state index contributed by atoms with van der Waals surface area (Å²) in [6, 6.07) is 8.61. The maximum Gasteiger partial charge on any atom is 0.119 e. The minimum absolute atomic E-state index is 0.0689. The van der Waals surface area contributed by atoms with Gasteiger partial charge in [0.15, 0.2) is 0 Å². The number of fused-ring (bicyclic) bond motifs is 1. The smallest absolute Gasteiger partial charge is 0.119 e. The zero-order chi connectivity index (χ0) is 15.4. The molecule has 1 saturated carbocycles. The predicted octanol–water partition coefficient (Wildman–Crippen LogP) is 3.84. The molecule has 0 bridgehead atoms. The normalized spacial score (nSPS) is 29.1. The first kappa shape index (κ1) is 16.3. The summed E-state index contributed by atoms with van der Waals surface area (Å²) in [6.45, 7) is 2.89. The van der Waals surface area contributed by atoms with Crippen LogP contribution in [0.5, 0.6) is 5.75 Å². The van der Waals surface area contributed by atoms with E-state index in [0.29, 0.717) is 12.0 Å². The summed E-state index contributed by atoms with van der Waals surface area (Å²) >= 11 is 3.43. The monoisotopic (exact) mass is 367 g/mol. The van der Waals surface area contributed by atoms with Crippen LogP contribution in [0.15, 0.2) is 28.7 Å². The predicted molar refractivity (Wildman–Crippen MR) is 92.2 cm³/mol. The van der Waals surface area contributed by atoms with Crippen molar-refractivity contribution in [1.82, 2.24) is 4.90 Å². The maximum absolute atomic E-state index is 10.2. The molecule has 1 heterocycles. The average molecular weight is 368 g/mol. The SMILES string of the molecule is OC1CCN(CCCOc2ccc(Br)cc2)C2CCCCC12. The first-order chi connectivity index (χ1) is 10.7. The van der Waals surface area contributed by atoms with Crippen LogP contribution in [0.3, 0.4) is 0 Å². The second-order valence-electron chi connectivity index (χ2n) is 6.56. The van der Waals surface area contributed by atoms with E-state index in [2.05, 4.69) is 20.8 Å². The van der Waals surface area contributed by atoms with E-state index in [1.807, 2.05) is 24.3 Å². The Balaban J connectivity index is 1.43. The quantitative estimate of drug-likeness (QED) is 0.802. The van der Waals surface area contributed by atoms with Gasteiger partial charge >= 0.3 is 0 Å². The first-order valence-electron chi connectivity index (χ1n) is 8.54. The fourth-order valence-electron chi connectivity index (χ4n) is 3.99. The van der Waals surface area contributed by atoms with Gasteiger partial charge in [-0.15, -0.1) is 0 Å². The Kier molecular flexibility index (Phi) is 5.77. The standard InChI is InChI=1S/C18H26BrNO2/c19-14-6-8-15(9-7-14)22-13-3-11-20-12-10-18(21)16-4-1-2-5-17(16)20/h6-9,16-18,21H,1-5,10-13H2. The zero-order valence-electron chi connectivity index (χ0n) is 13.1. The molecule has 0 radical (unpaired) electrons. The van der Waals surface area contributed by atoms with Gasteiger partial charge in [-0.2, -0.15) is 0 Å². The Morgan fingerprint density at radius 1 is 1.14 bits per heavy atom. The highest BCUT2D eigenvalue weighted by atomic mass is 79.9. The third kappa shape index (κ3) is 4.03. The van der Waals surface area contributed by atoms with Gasteiger partial charge in [0.05, 0.1) is 12.7 Å². The zero-order valence-corrected chi connectivity index (χ0v) is 14.7. The molecule has 3 atom stereocenters. The van der Waals surface area contributed by atoms with E-state index >= 15 is 0 Å². The molecule has 0 spiro atoms. The molecule has 1 N–H and O–H groups in total. The Morgan fingerprint density at radius 2 is 1.91 bits per heavy atom. The molecule has 1 aliphatic carbocycles. The molecule has 3 unspecified atom stereocenters. The molecule has 1 aromatic carbocycles. The molecule has 22 heavy (non-hydrogen) atoms. The number of aliphatic hydroxyl groups is 1. The number of rotatable bonds is 5. The van der Waals surface area contributed by atoms with E-state index in [1.54, 1.807) is 0 Å². The minimum atomic E-state index is -0.0689. The molecular weight excluding hydrogens is 342 g/mol. The van der Waals surface area contributed by atoms with Crippen molar-refractivity contribution in [3.8, 4) is 5.75 Å². The highest BCUT2D eigenvalue weighted by molar-refractivity contribution is 9.10. The van der Waals surface area contributed by atoms with Crippen LogP contribution >= 0.6 is 15.9 Å². The molecule has 4 heteroatoms. The number of aliphatic hydroxyl groups excluding tert-OH is 1. The van der Waals surface area contributed by atoms with E-state index in [0.717, 1.165) is 42.8 Å². The number of likely N-dealkylation sites (tertiary alicyclic amines) is 1. The molecule has 1 saturated heterocycles. The Morgan fingerprint density at radius 3 is 2.73 bits per heavy atom. The topological polar surface area (TPSA) is 32.7 Å². The van der Waals surface area contributed by atoms with Gasteiger partial charge in [0, 0.05) is 29.5 Å². The molecule has 1 aliphatic heterocycles. The van der Waals surface area contributed by atoms with Crippen molar-refractivity contribution < 1.29 is 9.84 Å². The number of ether oxygens (including phenoxy) is 1. The molecule has 0 amide bonds. The van der Waals surface area contributed by atoms with Crippen LogP contribution in [0.2, 0.25) is 0 Å². The van der Waals surface area contributed by atoms with Crippen LogP contribution in [-0.2, 0) is 0 Å². The molecule has 122 valence electrons. The minimum Gasteiger partial charge on any atom is -0.494 e. The summed E-state index contributed by atoms with van der Waals surface area (Å²) in [5, 5.41) is 10.2. The lowest BCUT2D eigenvalue weighted by Gasteiger charge is -2.46. The van der Waals surface area contributed by atoms with Crippen molar-refractivity contribution in [2.45, 2.75) is 50.7 Å². The number of halogens is 1. The van der Waals surface area contributed by atoms with Crippen LogP contribution < -0.4 is 4.74 Å². The Bertz CT molecular complexity index is 465. The molecule has 2 aliphatic rings. The van der Waals surface area contributed by atoms with E-state index in [-0.39, 0.29) is 6.10 Å². The van der Waals surface area contributed by atoms with Crippen LogP contribution in [0.25, 0.3) is 0 Å². The van der Waals surface area contributed by atoms with Crippen LogP contribution in [-0.4, -0.2) is 41.8 Å². The fraction of sp³-hybridized carbons (Fsp3) is 0.667. The van der Waals surface area contributed by atoms with Gasteiger partial charge in [0.1, 0.15) is 5.75 Å². The third-order valence-corrected chi connectivity index (χ3v) is 5.66. The second kappa shape index (κ2) is 7.80. The van der Waals surface area contributed by atoms with Crippen molar-refractivity contribution in [3.05, 3.63) is 28.7 Å². The van der Waals surface area contributed by atoms with Crippen molar-refractivity contribution >= 4 is 15.9 Å². The summed E-state index contributed by atoms with van der Waals surface area (Å²) in [4.78, 5) is 2.60. The lowest BCUT2D eigenvalue weighted by Crippen LogP contribution is -2.52. The van der Waals surface area contributed by atoms with Gasteiger partial charge in [-0.05, 0) is 49.9 Å². The van der Waals surface area contributed by atoms with Crippen LogP contribution in [0.1, 0.15) is 38.5 Å².